The summed E-state index contributed by atoms with van der Waals surface area (Å²) in [6.07, 6.45) is -5.15. The molecule has 2 aromatic carbocycles. The summed E-state index contributed by atoms with van der Waals surface area (Å²) in [6.45, 7) is 1.26. The maximum Gasteiger partial charge on any atom is 0.392 e. The summed E-state index contributed by atoms with van der Waals surface area (Å²) in [5.74, 6) is -2.91. The Bertz CT molecular complexity index is 1100. The third kappa shape index (κ3) is 4.49. The van der Waals surface area contributed by atoms with Gasteiger partial charge in [0.15, 0.2) is 0 Å². The first-order valence-corrected chi connectivity index (χ1v) is 8.87. The molecule has 9 heteroatoms. The average molecular weight is 409 g/mol. The lowest BCUT2D eigenvalue weighted by molar-refractivity contribution is -0.173. The van der Waals surface area contributed by atoms with Crippen molar-refractivity contribution in [1.29, 1.82) is 0 Å². The minimum absolute atomic E-state index is 0.244. The van der Waals surface area contributed by atoms with Crippen LogP contribution in [0.3, 0.4) is 0 Å². The topological polar surface area (TPSA) is 56.0 Å². The number of hydrogen-bond donors (Lipinski definition) is 1. The van der Waals surface area contributed by atoms with Crippen LogP contribution in [0.25, 0.3) is 10.9 Å². The van der Waals surface area contributed by atoms with Gasteiger partial charge in [-0.25, -0.2) is 4.39 Å². The van der Waals surface area contributed by atoms with Crippen LogP contribution in [0.5, 0.6) is 0 Å². The highest BCUT2D eigenvalue weighted by Gasteiger charge is 2.37. The van der Waals surface area contributed by atoms with Gasteiger partial charge in [0, 0.05) is 19.2 Å². The van der Waals surface area contributed by atoms with Crippen molar-refractivity contribution in [2.24, 2.45) is 13.0 Å². The number of hydrogen-bond acceptors (Lipinski definition) is 2. The van der Waals surface area contributed by atoms with Gasteiger partial charge in [0.1, 0.15) is 5.82 Å². The predicted octanol–water partition coefficient (Wildman–Crippen LogP) is 4.05. The van der Waals surface area contributed by atoms with Crippen molar-refractivity contribution in [2.45, 2.75) is 26.1 Å². The maximum atomic E-state index is 13.1. The van der Waals surface area contributed by atoms with Gasteiger partial charge in [0.25, 0.3) is 5.56 Å². The Balaban J connectivity index is 1.85. The van der Waals surface area contributed by atoms with Gasteiger partial charge in [-0.3, -0.25) is 19.0 Å². The summed E-state index contributed by atoms with van der Waals surface area (Å²) in [4.78, 5) is 24.5. The van der Waals surface area contributed by atoms with Crippen molar-refractivity contribution in [1.82, 2.24) is 9.36 Å². The van der Waals surface area contributed by atoms with Crippen molar-refractivity contribution in [3.63, 3.8) is 0 Å². The summed E-state index contributed by atoms with van der Waals surface area (Å²) in [5.41, 5.74) is 1.30. The van der Waals surface area contributed by atoms with Gasteiger partial charge >= 0.3 is 6.18 Å². The van der Waals surface area contributed by atoms with E-state index in [1.165, 1.54) is 28.9 Å². The van der Waals surface area contributed by atoms with Crippen molar-refractivity contribution in [3.05, 3.63) is 64.2 Å². The molecule has 5 nitrogen and oxygen atoms in total. The van der Waals surface area contributed by atoms with Gasteiger partial charge in [-0.05, 0) is 35.9 Å². The molecule has 0 spiro atoms. The Morgan fingerprint density at radius 2 is 1.79 bits per heavy atom. The van der Waals surface area contributed by atoms with Crippen molar-refractivity contribution in [3.8, 4) is 0 Å². The third-order valence-corrected chi connectivity index (χ3v) is 4.74. The molecule has 3 rings (SSSR count). The second kappa shape index (κ2) is 7.73. The Hall–Kier alpha value is -3.10. The van der Waals surface area contributed by atoms with Crippen LogP contribution in [0.15, 0.2) is 47.3 Å². The highest BCUT2D eigenvalue weighted by atomic mass is 19.4. The van der Waals surface area contributed by atoms with E-state index >= 15 is 0 Å². The maximum absolute atomic E-state index is 13.1. The Labute approximate surface area is 163 Å². The van der Waals surface area contributed by atoms with Gasteiger partial charge in [-0.1, -0.05) is 19.1 Å². The number of anilines is 1. The number of carbonyl (C=O) groups excluding carboxylic acids is 1. The minimum Gasteiger partial charge on any atom is -0.326 e. The largest absolute Gasteiger partial charge is 0.392 e. The molecular weight excluding hydrogens is 390 g/mol. The number of carbonyl (C=O) groups is 1. The van der Waals surface area contributed by atoms with Crippen LogP contribution in [0, 0.1) is 11.7 Å². The van der Waals surface area contributed by atoms with E-state index in [1.54, 1.807) is 29.9 Å². The Kier molecular flexibility index (Phi) is 5.50. The van der Waals surface area contributed by atoms with E-state index in [4.69, 9.17) is 0 Å². The quantitative estimate of drug-likeness (QED) is 0.647. The van der Waals surface area contributed by atoms with Gasteiger partial charge in [0.2, 0.25) is 5.91 Å². The normalized spacial score (nSPS) is 12.9. The van der Waals surface area contributed by atoms with E-state index in [1.807, 2.05) is 0 Å². The summed E-state index contributed by atoms with van der Waals surface area (Å²) in [7, 11) is 1.58. The molecule has 0 aliphatic carbocycles. The van der Waals surface area contributed by atoms with Crippen LogP contribution in [0.4, 0.5) is 23.2 Å². The van der Waals surface area contributed by atoms with Gasteiger partial charge < -0.3 is 5.32 Å². The number of aromatic nitrogens is 2. The SMILES string of the molecule is CC(CC(=O)Nc1ccc2c(c1)c(=O)n(C)n2Cc1ccc(F)cc1)C(F)(F)F. The standard InChI is InChI=1S/C20H19F4N3O2/c1-12(20(22,23)24)9-18(28)25-15-7-8-17-16(10-15)19(29)26(2)27(17)11-13-3-5-14(21)6-4-13/h3-8,10,12H,9,11H2,1-2H3,(H,25,28). The first-order chi connectivity index (χ1) is 13.6. The molecule has 1 N–H and O–H groups in total. The van der Waals surface area contributed by atoms with Crippen molar-refractivity contribution in [2.75, 3.05) is 5.32 Å². The van der Waals surface area contributed by atoms with Crippen LogP contribution in [0.1, 0.15) is 18.9 Å². The van der Waals surface area contributed by atoms with Crippen molar-refractivity contribution < 1.29 is 22.4 Å². The van der Waals surface area contributed by atoms with Crippen LogP contribution in [0.2, 0.25) is 0 Å². The fourth-order valence-corrected chi connectivity index (χ4v) is 3.02. The zero-order valence-electron chi connectivity index (χ0n) is 15.8. The van der Waals surface area contributed by atoms with E-state index < -0.39 is 24.4 Å². The highest BCUT2D eigenvalue weighted by molar-refractivity contribution is 5.93. The summed E-state index contributed by atoms with van der Waals surface area (Å²) in [6, 6.07) is 10.5. The van der Waals surface area contributed by atoms with Crippen LogP contribution < -0.4 is 10.9 Å². The zero-order valence-corrected chi connectivity index (χ0v) is 15.8. The smallest absolute Gasteiger partial charge is 0.326 e. The molecule has 0 saturated heterocycles. The number of benzene rings is 2. The van der Waals surface area contributed by atoms with Crippen molar-refractivity contribution >= 4 is 22.5 Å². The number of rotatable bonds is 5. The molecule has 1 aromatic heterocycles. The number of halogens is 4. The van der Waals surface area contributed by atoms with E-state index in [2.05, 4.69) is 5.32 Å². The molecular formula is C20H19F4N3O2. The molecule has 1 unspecified atom stereocenters. The summed E-state index contributed by atoms with van der Waals surface area (Å²) >= 11 is 0. The molecule has 0 aliphatic heterocycles. The molecule has 0 bridgehead atoms. The van der Waals surface area contributed by atoms with E-state index in [0.717, 1.165) is 12.5 Å². The van der Waals surface area contributed by atoms with Crippen LogP contribution >= 0.6 is 0 Å². The zero-order chi connectivity index (χ0) is 21.3. The Morgan fingerprint density at radius 3 is 2.41 bits per heavy atom. The first kappa shape index (κ1) is 20.6. The van der Waals surface area contributed by atoms with Gasteiger partial charge in [0.05, 0.1) is 23.4 Å². The molecule has 154 valence electrons. The number of alkyl halides is 3. The molecule has 1 amide bonds. The lowest BCUT2D eigenvalue weighted by Crippen LogP contribution is -2.25. The molecule has 0 saturated carbocycles. The fraction of sp³-hybridized carbons (Fsp3) is 0.300. The molecule has 0 aliphatic rings. The van der Waals surface area contributed by atoms with Crippen LogP contribution in [-0.4, -0.2) is 21.4 Å². The number of fused-ring (bicyclic) bond motifs is 1. The Morgan fingerprint density at radius 1 is 1.14 bits per heavy atom. The highest BCUT2D eigenvalue weighted by Crippen LogP contribution is 2.28. The van der Waals surface area contributed by atoms with E-state index in [9.17, 15) is 27.2 Å². The van der Waals surface area contributed by atoms with E-state index in [0.29, 0.717) is 17.4 Å². The summed E-state index contributed by atoms with van der Waals surface area (Å²) < 4.78 is 54.0. The molecule has 0 radical (unpaired) electrons. The average Bonchev–Trinajstić information content (AvgIpc) is 2.87. The molecule has 0 fully saturated rings. The second-order valence-corrected chi connectivity index (χ2v) is 6.94. The predicted molar refractivity (Wildman–Crippen MR) is 101 cm³/mol. The number of nitrogens with zero attached hydrogens (tertiary/aromatic N) is 2. The first-order valence-electron chi connectivity index (χ1n) is 8.87. The van der Waals surface area contributed by atoms with Gasteiger partial charge in [-0.2, -0.15) is 13.2 Å². The lowest BCUT2D eigenvalue weighted by Gasteiger charge is -2.15. The number of amides is 1. The second-order valence-electron chi connectivity index (χ2n) is 6.94. The fourth-order valence-electron chi connectivity index (χ4n) is 3.02. The number of nitrogens with one attached hydrogen (secondary N) is 1. The van der Waals surface area contributed by atoms with Gasteiger partial charge in [-0.15, -0.1) is 0 Å². The minimum atomic E-state index is -4.45. The van der Waals surface area contributed by atoms with E-state index in [-0.39, 0.29) is 17.1 Å². The molecule has 3 aromatic rings. The monoisotopic (exact) mass is 409 g/mol. The molecule has 1 heterocycles. The third-order valence-electron chi connectivity index (χ3n) is 4.74. The lowest BCUT2D eigenvalue weighted by atomic mass is 10.1. The summed E-state index contributed by atoms with van der Waals surface area (Å²) in [5, 5.41) is 2.73. The molecule has 29 heavy (non-hydrogen) atoms. The molecule has 1 atom stereocenters. The van der Waals surface area contributed by atoms with Crippen LogP contribution in [-0.2, 0) is 18.4 Å².